The van der Waals surface area contributed by atoms with Crippen LogP contribution in [0.15, 0.2) is 24.3 Å². The zero-order valence-electron chi connectivity index (χ0n) is 14.0. The van der Waals surface area contributed by atoms with Crippen molar-refractivity contribution >= 4 is 17.7 Å². The lowest BCUT2D eigenvalue weighted by atomic mass is 10.1. The Kier molecular flexibility index (Phi) is 6.55. The molecule has 136 valence electrons. The van der Waals surface area contributed by atoms with Gasteiger partial charge >= 0.3 is 6.09 Å². The van der Waals surface area contributed by atoms with Crippen molar-refractivity contribution in [3.05, 3.63) is 34.4 Å². The van der Waals surface area contributed by atoms with Crippen LogP contribution in [0, 0.1) is 10.1 Å². The van der Waals surface area contributed by atoms with E-state index >= 15 is 0 Å². The molecule has 9 nitrogen and oxygen atoms in total. The molecule has 9 heteroatoms. The van der Waals surface area contributed by atoms with E-state index in [1.165, 1.54) is 12.1 Å². The van der Waals surface area contributed by atoms with E-state index in [1.54, 1.807) is 12.1 Å². The Morgan fingerprint density at radius 2 is 2.12 bits per heavy atom. The topological polar surface area (TPSA) is 111 Å². The Hall–Kier alpha value is -2.84. The molecule has 1 unspecified atom stereocenters. The smallest absolute Gasteiger partial charge is 0.428 e. The van der Waals surface area contributed by atoms with Crippen LogP contribution in [-0.2, 0) is 9.53 Å². The number of hydrogen-bond donors (Lipinski definition) is 1. The van der Waals surface area contributed by atoms with Crippen molar-refractivity contribution in [3.63, 3.8) is 0 Å². The zero-order chi connectivity index (χ0) is 18.2. The predicted molar refractivity (Wildman–Crippen MR) is 87.9 cm³/mol. The Balaban J connectivity index is 1.84. The third-order valence-corrected chi connectivity index (χ3v) is 3.67. The Morgan fingerprint density at radius 1 is 1.40 bits per heavy atom. The number of nitro benzene ring substituents is 1. The number of non-ortho nitro benzene ring substituents is 1. The quantitative estimate of drug-likeness (QED) is 0.540. The summed E-state index contributed by atoms with van der Waals surface area (Å²) in [5.41, 5.74) is 2.50. The van der Waals surface area contributed by atoms with Gasteiger partial charge in [-0.25, -0.2) is 9.80 Å². The van der Waals surface area contributed by atoms with E-state index < -0.39 is 11.0 Å². The molecule has 0 spiro atoms. The molecule has 1 aliphatic heterocycles. The average Bonchev–Trinajstić information content (AvgIpc) is 2.98. The lowest BCUT2D eigenvalue weighted by molar-refractivity contribution is -0.384. The largest absolute Gasteiger partial charge is 0.490 e. The van der Waals surface area contributed by atoms with Crippen LogP contribution in [0.1, 0.15) is 32.6 Å². The number of hydrazine groups is 1. The monoisotopic (exact) mass is 351 g/mol. The number of ether oxygens (including phenoxy) is 2. The normalized spacial score (nSPS) is 14.8. The number of nitro groups is 1. The number of nitrogens with one attached hydrogen (secondary N) is 1. The van der Waals surface area contributed by atoms with Gasteiger partial charge in [-0.1, -0.05) is 13.3 Å². The minimum Gasteiger partial charge on any atom is -0.490 e. The van der Waals surface area contributed by atoms with E-state index in [0.29, 0.717) is 18.7 Å². The van der Waals surface area contributed by atoms with E-state index in [1.807, 2.05) is 6.92 Å². The molecule has 0 aromatic heterocycles. The highest BCUT2D eigenvalue weighted by Crippen LogP contribution is 2.21. The molecule has 0 aliphatic carbocycles. The minimum atomic E-state index is -0.555. The minimum absolute atomic E-state index is 0.00346. The third-order valence-electron chi connectivity index (χ3n) is 3.67. The maximum Gasteiger partial charge on any atom is 0.428 e. The van der Waals surface area contributed by atoms with Crippen molar-refractivity contribution < 1.29 is 24.0 Å². The van der Waals surface area contributed by atoms with Crippen LogP contribution in [0.2, 0.25) is 0 Å². The van der Waals surface area contributed by atoms with Crippen LogP contribution in [0.5, 0.6) is 5.75 Å². The second kappa shape index (κ2) is 8.86. The van der Waals surface area contributed by atoms with E-state index in [4.69, 9.17) is 9.47 Å². The van der Waals surface area contributed by atoms with Gasteiger partial charge in [0.25, 0.3) is 5.69 Å². The number of hydrogen-bond acceptors (Lipinski definition) is 6. The Bertz CT molecular complexity index is 619. The van der Waals surface area contributed by atoms with Crippen LogP contribution in [0.25, 0.3) is 0 Å². The molecule has 1 aromatic carbocycles. The third kappa shape index (κ3) is 5.63. The van der Waals surface area contributed by atoms with Crippen LogP contribution in [0.3, 0.4) is 0 Å². The van der Waals surface area contributed by atoms with Gasteiger partial charge in [0.1, 0.15) is 12.4 Å². The first-order valence-electron chi connectivity index (χ1n) is 8.14. The predicted octanol–water partition coefficient (Wildman–Crippen LogP) is 2.41. The Morgan fingerprint density at radius 3 is 2.68 bits per heavy atom. The number of amides is 2. The van der Waals surface area contributed by atoms with Gasteiger partial charge in [0.2, 0.25) is 5.91 Å². The van der Waals surface area contributed by atoms with Crippen molar-refractivity contribution in [2.75, 3.05) is 13.2 Å². The summed E-state index contributed by atoms with van der Waals surface area (Å²) in [4.78, 5) is 33.4. The highest BCUT2D eigenvalue weighted by molar-refractivity contribution is 5.79. The summed E-state index contributed by atoms with van der Waals surface area (Å²) in [5, 5.41) is 11.8. The van der Waals surface area contributed by atoms with Gasteiger partial charge in [-0.15, -0.1) is 0 Å². The second-order valence-corrected chi connectivity index (χ2v) is 5.62. The first-order chi connectivity index (χ1) is 12.0. The molecule has 25 heavy (non-hydrogen) atoms. The van der Waals surface area contributed by atoms with Gasteiger partial charge < -0.3 is 9.47 Å². The second-order valence-electron chi connectivity index (χ2n) is 5.62. The number of benzene rings is 1. The standard InChI is InChI=1S/C16H21N3O6/c1-2-3-13(25-14-6-4-12(5-7-14)19(22)23)8-9-15(20)17-18-10-11-24-16(18)21/h4-7,13H,2-3,8-11H2,1H3,(H,17,20). The van der Waals surface area contributed by atoms with E-state index in [2.05, 4.69) is 5.43 Å². The van der Waals surface area contributed by atoms with Gasteiger partial charge in [0.15, 0.2) is 0 Å². The van der Waals surface area contributed by atoms with Gasteiger partial charge in [-0.3, -0.25) is 20.3 Å². The van der Waals surface area contributed by atoms with Crippen LogP contribution in [0.4, 0.5) is 10.5 Å². The summed E-state index contributed by atoms with van der Waals surface area (Å²) in [5.74, 6) is 0.236. The van der Waals surface area contributed by atoms with Crippen molar-refractivity contribution in [1.29, 1.82) is 0 Å². The first kappa shape index (κ1) is 18.5. The number of rotatable bonds is 9. The lowest BCUT2D eigenvalue weighted by Crippen LogP contribution is -2.42. The molecule has 2 rings (SSSR count). The molecular formula is C16H21N3O6. The van der Waals surface area contributed by atoms with Crippen LogP contribution < -0.4 is 10.2 Å². The maximum atomic E-state index is 11.9. The van der Waals surface area contributed by atoms with Crippen LogP contribution >= 0.6 is 0 Å². The molecule has 0 saturated carbocycles. The van der Waals surface area contributed by atoms with E-state index in [-0.39, 0.29) is 30.7 Å². The highest BCUT2D eigenvalue weighted by Gasteiger charge is 2.24. The summed E-state index contributed by atoms with van der Waals surface area (Å²) in [6.45, 7) is 2.61. The SMILES string of the molecule is CCCC(CCC(=O)NN1CCOC1=O)Oc1ccc([N+](=O)[O-])cc1. The molecule has 1 N–H and O–H groups in total. The number of cyclic esters (lactones) is 1. The van der Waals surface area contributed by atoms with E-state index in [9.17, 15) is 19.7 Å². The van der Waals surface area contributed by atoms with Crippen molar-refractivity contribution in [2.24, 2.45) is 0 Å². The number of carbonyl (C=O) groups excluding carboxylic acids is 2. The van der Waals surface area contributed by atoms with Crippen molar-refractivity contribution in [1.82, 2.24) is 10.4 Å². The first-order valence-corrected chi connectivity index (χ1v) is 8.14. The molecular weight excluding hydrogens is 330 g/mol. The van der Waals surface area contributed by atoms with E-state index in [0.717, 1.165) is 17.9 Å². The van der Waals surface area contributed by atoms with Crippen molar-refractivity contribution in [2.45, 2.75) is 38.7 Å². The fraction of sp³-hybridized carbons (Fsp3) is 0.500. The highest BCUT2D eigenvalue weighted by atomic mass is 16.6. The lowest BCUT2D eigenvalue weighted by Gasteiger charge is -2.19. The summed E-state index contributed by atoms with van der Waals surface area (Å²) in [6, 6.07) is 5.84. The number of carbonyl (C=O) groups is 2. The average molecular weight is 351 g/mol. The van der Waals surface area contributed by atoms with Gasteiger partial charge in [0, 0.05) is 18.6 Å². The molecule has 1 atom stereocenters. The molecule has 1 saturated heterocycles. The number of nitrogens with zero attached hydrogens (tertiary/aromatic N) is 2. The van der Waals surface area contributed by atoms with Crippen LogP contribution in [-0.4, -0.2) is 41.2 Å². The zero-order valence-corrected chi connectivity index (χ0v) is 14.0. The molecule has 1 fully saturated rings. The van der Waals surface area contributed by atoms with Gasteiger partial charge in [-0.05, 0) is 25.0 Å². The van der Waals surface area contributed by atoms with Crippen molar-refractivity contribution in [3.8, 4) is 5.75 Å². The Labute approximate surface area is 145 Å². The molecule has 1 aromatic rings. The molecule has 0 radical (unpaired) electrons. The molecule has 1 heterocycles. The summed E-state index contributed by atoms with van der Waals surface area (Å²) < 4.78 is 10.6. The fourth-order valence-corrected chi connectivity index (χ4v) is 2.42. The molecule has 0 bridgehead atoms. The fourth-order valence-electron chi connectivity index (χ4n) is 2.42. The summed E-state index contributed by atoms with van der Waals surface area (Å²) >= 11 is 0. The molecule has 2 amide bonds. The van der Waals surface area contributed by atoms with Gasteiger partial charge in [0.05, 0.1) is 17.6 Å². The van der Waals surface area contributed by atoms with Gasteiger partial charge in [-0.2, -0.15) is 0 Å². The molecule has 1 aliphatic rings. The summed E-state index contributed by atoms with van der Waals surface area (Å²) in [6.07, 6.45) is 1.54. The maximum absolute atomic E-state index is 11.9. The summed E-state index contributed by atoms with van der Waals surface area (Å²) in [7, 11) is 0.